The van der Waals surface area contributed by atoms with Crippen LogP contribution in [0.4, 0.5) is 0 Å². The fourth-order valence-corrected chi connectivity index (χ4v) is 2.70. The van der Waals surface area contributed by atoms with E-state index in [1.165, 1.54) is 64.2 Å². The summed E-state index contributed by atoms with van der Waals surface area (Å²) in [7, 11) is 0. The molecule has 0 aromatic heterocycles. The van der Waals surface area contributed by atoms with E-state index in [9.17, 15) is 0 Å². The van der Waals surface area contributed by atoms with Crippen molar-refractivity contribution in [2.75, 3.05) is 0 Å². The van der Waals surface area contributed by atoms with Gasteiger partial charge in [0.25, 0.3) is 0 Å². The zero-order chi connectivity index (χ0) is 12.2. The second kappa shape index (κ2) is 11.5. The summed E-state index contributed by atoms with van der Waals surface area (Å²) < 4.78 is 0. The van der Waals surface area contributed by atoms with Gasteiger partial charge < -0.3 is 0 Å². The summed E-state index contributed by atoms with van der Waals surface area (Å²) >= 11 is 0. The molecule has 2 atom stereocenters. The third-order valence-electron chi connectivity index (χ3n) is 3.81. The summed E-state index contributed by atoms with van der Waals surface area (Å²) in [6, 6.07) is 0. The largest absolute Gasteiger partial charge is 0.0654 e. The maximum Gasteiger partial charge on any atom is -0.0414 e. The summed E-state index contributed by atoms with van der Waals surface area (Å²) in [5.74, 6) is 1.95. The van der Waals surface area contributed by atoms with E-state index in [0.29, 0.717) is 0 Å². The summed E-state index contributed by atoms with van der Waals surface area (Å²) in [4.78, 5) is 0. The van der Waals surface area contributed by atoms with Gasteiger partial charge in [-0.3, -0.25) is 0 Å². The topological polar surface area (TPSA) is 0 Å². The first kappa shape index (κ1) is 16.0. The van der Waals surface area contributed by atoms with Gasteiger partial charge in [0, 0.05) is 0 Å². The van der Waals surface area contributed by atoms with E-state index in [1.54, 1.807) is 0 Å². The maximum absolute atomic E-state index is 2.43. The van der Waals surface area contributed by atoms with Crippen molar-refractivity contribution >= 4 is 0 Å². The molecule has 0 aliphatic heterocycles. The van der Waals surface area contributed by atoms with Crippen LogP contribution in [0.2, 0.25) is 0 Å². The standard InChI is InChI=1S/C16H34/c1-5-8-9-10-11-13-16(7-3)14-15(4)12-6-2/h15-16H,5-14H2,1-4H3. The number of unbranched alkanes of at least 4 members (excludes halogenated alkanes) is 4. The van der Waals surface area contributed by atoms with Crippen LogP contribution in [0.1, 0.15) is 91.9 Å². The second-order valence-corrected chi connectivity index (χ2v) is 5.61. The highest BCUT2D eigenvalue weighted by Gasteiger charge is 2.10. The lowest BCUT2D eigenvalue weighted by molar-refractivity contribution is 0.335. The normalized spacial score (nSPS) is 15.0. The highest BCUT2D eigenvalue weighted by molar-refractivity contribution is 4.63. The Morgan fingerprint density at radius 1 is 0.750 bits per heavy atom. The third-order valence-corrected chi connectivity index (χ3v) is 3.81. The van der Waals surface area contributed by atoms with E-state index in [-0.39, 0.29) is 0 Å². The van der Waals surface area contributed by atoms with Gasteiger partial charge in [0.05, 0.1) is 0 Å². The van der Waals surface area contributed by atoms with Gasteiger partial charge in [0.2, 0.25) is 0 Å². The fourth-order valence-electron chi connectivity index (χ4n) is 2.70. The van der Waals surface area contributed by atoms with Gasteiger partial charge in [0.1, 0.15) is 0 Å². The quantitative estimate of drug-likeness (QED) is 0.368. The van der Waals surface area contributed by atoms with Crippen LogP contribution in [0.25, 0.3) is 0 Å². The average molecular weight is 226 g/mol. The van der Waals surface area contributed by atoms with Crippen LogP contribution in [0.5, 0.6) is 0 Å². The molecule has 0 bridgehead atoms. The Morgan fingerprint density at radius 2 is 1.44 bits per heavy atom. The molecule has 0 amide bonds. The lowest BCUT2D eigenvalue weighted by atomic mass is 9.87. The minimum absolute atomic E-state index is 0.950. The van der Waals surface area contributed by atoms with Gasteiger partial charge in [-0.1, -0.05) is 85.5 Å². The molecule has 0 heterocycles. The number of hydrogen-bond donors (Lipinski definition) is 0. The van der Waals surface area contributed by atoms with Gasteiger partial charge in [-0.25, -0.2) is 0 Å². The molecule has 0 aliphatic carbocycles. The molecule has 0 radical (unpaired) electrons. The van der Waals surface area contributed by atoms with Crippen LogP contribution in [0.3, 0.4) is 0 Å². The Morgan fingerprint density at radius 3 is 2.00 bits per heavy atom. The van der Waals surface area contributed by atoms with Gasteiger partial charge >= 0.3 is 0 Å². The Kier molecular flexibility index (Phi) is 11.5. The predicted molar refractivity (Wildman–Crippen MR) is 75.8 cm³/mol. The lowest BCUT2D eigenvalue weighted by Crippen LogP contribution is -2.05. The Bertz CT molecular complexity index is 128. The first-order valence-electron chi connectivity index (χ1n) is 7.74. The maximum atomic E-state index is 2.43. The van der Waals surface area contributed by atoms with Crippen molar-refractivity contribution in [3.63, 3.8) is 0 Å². The lowest BCUT2D eigenvalue weighted by Gasteiger charge is -2.19. The van der Waals surface area contributed by atoms with E-state index in [1.807, 2.05) is 0 Å². The molecular formula is C16H34. The van der Waals surface area contributed by atoms with Crippen LogP contribution < -0.4 is 0 Å². The smallest absolute Gasteiger partial charge is 0.0414 e. The molecule has 16 heavy (non-hydrogen) atoms. The van der Waals surface area contributed by atoms with Crippen molar-refractivity contribution in [2.24, 2.45) is 11.8 Å². The SMILES string of the molecule is CCCCCCCC(CC)CC(C)CCC. The molecule has 0 aliphatic rings. The van der Waals surface area contributed by atoms with Crippen LogP contribution in [0, 0.1) is 11.8 Å². The molecule has 0 aromatic rings. The van der Waals surface area contributed by atoms with E-state index in [2.05, 4.69) is 27.7 Å². The molecule has 98 valence electrons. The molecule has 0 saturated heterocycles. The molecule has 0 nitrogen and oxygen atoms in total. The minimum Gasteiger partial charge on any atom is -0.0654 e. The molecule has 0 heteroatoms. The van der Waals surface area contributed by atoms with E-state index in [0.717, 1.165) is 11.8 Å². The van der Waals surface area contributed by atoms with Gasteiger partial charge in [-0.05, 0) is 18.3 Å². The monoisotopic (exact) mass is 226 g/mol. The molecule has 0 spiro atoms. The van der Waals surface area contributed by atoms with Gasteiger partial charge in [-0.15, -0.1) is 0 Å². The molecule has 0 N–H and O–H groups in total. The molecule has 0 fully saturated rings. The first-order valence-corrected chi connectivity index (χ1v) is 7.74. The van der Waals surface area contributed by atoms with Crippen LogP contribution in [-0.2, 0) is 0 Å². The minimum atomic E-state index is 0.950. The molecule has 0 saturated carbocycles. The van der Waals surface area contributed by atoms with Crippen LogP contribution >= 0.6 is 0 Å². The Labute approximate surface area is 104 Å². The van der Waals surface area contributed by atoms with Crippen molar-refractivity contribution in [1.82, 2.24) is 0 Å². The van der Waals surface area contributed by atoms with Crippen molar-refractivity contribution in [3.8, 4) is 0 Å². The molecule has 2 unspecified atom stereocenters. The third kappa shape index (κ3) is 9.24. The van der Waals surface area contributed by atoms with Crippen molar-refractivity contribution in [2.45, 2.75) is 91.9 Å². The van der Waals surface area contributed by atoms with E-state index < -0.39 is 0 Å². The Balaban J connectivity index is 3.50. The fraction of sp³-hybridized carbons (Fsp3) is 1.00. The number of hydrogen-bond acceptors (Lipinski definition) is 0. The Hall–Kier alpha value is 0. The highest BCUT2D eigenvalue weighted by Crippen LogP contribution is 2.24. The van der Waals surface area contributed by atoms with Crippen molar-refractivity contribution < 1.29 is 0 Å². The summed E-state index contributed by atoms with van der Waals surface area (Å²) in [5.41, 5.74) is 0. The zero-order valence-electron chi connectivity index (χ0n) is 12.2. The number of rotatable bonds is 11. The summed E-state index contributed by atoms with van der Waals surface area (Å²) in [6.45, 7) is 9.40. The zero-order valence-corrected chi connectivity index (χ0v) is 12.2. The van der Waals surface area contributed by atoms with Crippen LogP contribution in [0.15, 0.2) is 0 Å². The van der Waals surface area contributed by atoms with Gasteiger partial charge in [0.15, 0.2) is 0 Å². The predicted octanol–water partition coefficient (Wildman–Crippen LogP) is 6.20. The molecular weight excluding hydrogens is 192 g/mol. The van der Waals surface area contributed by atoms with Crippen molar-refractivity contribution in [1.29, 1.82) is 0 Å². The molecule has 0 aromatic carbocycles. The van der Waals surface area contributed by atoms with E-state index in [4.69, 9.17) is 0 Å². The summed E-state index contributed by atoms with van der Waals surface area (Å²) in [5, 5.41) is 0. The van der Waals surface area contributed by atoms with Crippen molar-refractivity contribution in [3.05, 3.63) is 0 Å². The van der Waals surface area contributed by atoms with E-state index >= 15 is 0 Å². The van der Waals surface area contributed by atoms with Gasteiger partial charge in [-0.2, -0.15) is 0 Å². The summed E-state index contributed by atoms with van der Waals surface area (Å²) in [6.07, 6.45) is 14.3. The van der Waals surface area contributed by atoms with Crippen LogP contribution in [-0.4, -0.2) is 0 Å². The highest BCUT2D eigenvalue weighted by atomic mass is 14.2. The molecule has 0 rings (SSSR count). The average Bonchev–Trinajstić information content (AvgIpc) is 2.27. The second-order valence-electron chi connectivity index (χ2n) is 5.61. The first-order chi connectivity index (χ1) is 7.74.